The molecule has 2 aliphatic rings. The van der Waals surface area contributed by atoms with Crippen LogP contribution in [-0.2, 0) is 10.0 Å². The maximum Gasteiger partial charge on any atom is 0.249 e. The lowest BCUT2D eigenvalue weighted by Gasteiger charge is -2.34. The summed E-state index contributed by atoms with van der Waals surface area (Å²) in [6.45, 7) is 4.59. The molecular formula is C21H28N2O4S. The number of nitrogens with zero attached hydrogens (tertiary/aromatic N) is 2. The van der Waals surface area contributed by atoms with Crippen molar-refractivity contribution in [2.45, 2.75) is 52.0 Å². The molecule has 0 spiro atoms. The van der Waals surface area contributed by atoms with Gasteiger partial charge in [-0.15, -0.1) is 0 Å². The second-order valence-electron chi connectivity index (χ2n) is 7.37. The average molecular weight is 405 g/mol. The molecular weight excluding hydrogens is 376 g/mol. The van der Waals surface area contributed by atoms with Crippen LogP contribution < -0.4 is 0 Å². The molecule has 1 aromatic rings. The number of hydrogen-bond donors (Lipinski definition) is 0. The highest BCUT2D eigenvalue weighted by Gasteiger charge is 2.43. The summed E-state index contributed by atoms with van der Waals surface area (Å²) in [5.41, 5.74) is 0.448. The van der Waals surface area contributed by atoms with Gasteiger partial charge in [-0.1, -0.05) is 43.5 Å². The number of carbonyl (C=O) groups excluding carboxylic acids is 2. The largest absolute Gasteiger partial charge is 0.368 e. The van der Waals surface area contributed by atoms with Crippen molar-refractivity contribution >= 4 is 21.6 Å². The first kappa shape index (κ1) is 20.7. The molecule has 28 heavy (non-hydrogen) atoms. The predicted octanol–water partition coefficient (Wildman–Crippen LogP) is 3.21. The van der Waals surface area contributed by atoms with Gasteiger partial charge >= 0.3 is 0 Å². The summed E-state index contributed by atoms with van der Waals surface area (Å²) in [5, 5.41) is 0. The number of sulfonamides is 1. The van der Waals surface area contributed by atoms with Crippen LogP contribution in [0, 0.1) is 0 Å². The number of Topliss-reactive ketones (excluding diaryl/α,β-unsaturated/α-hetero) is 2. The Bertz CT molecular complexity index is 910. The fourth-order valence-corrected chi connectivity index (χ4v) is 5.89. The SMILES string of the molecule is CCN(CC)C1=C(S(=O)(=O)N(C)C2CCCCC2)C(=O)c2ccccc2C1=O. The molecule has 2 aliphatic carbocycles. The minimum Gasteiger partial charge on any atom is -0.368 e. The first-order valence-corrected chi connectivity index (χ1v) is 11.4. The van der Waals surface area contributed by atoms with Gasteiger partial charge in [-0.3, -0.25) is 9.59 Å². The van der Waals surface area contributed by atoms with E-state index in [1.54, 1.807) is 23.1 Å². The minimum absolute atomic E-state index is 0.0105. The molecule has 0 aromatic heterocycles. The standard InChI is InChI=1S/C21H28N2O4S/c1-4-23(5-2)18-19(24)16-13-9-10-14-17(16)20(25)21(18)28(26,27)22(3)15-11-7-6-8-12-15/h9-10,13-15H,4-8,11-12H2,1-3H3. The Balaban J connectivity index is 2.18. The summed E-state index contributed by atoms with van der Waals surface area (Å²) >= 11 is 0. The van der Waals surface area contributed by atoms with Crippen LogP contribution >= 0.6 is 0 Å². The normalized spacial score (nSPS) is 18.6. The zero-order valence-corrected chi connectivity index (χ0v) is 17.6. The Morgan fingerprint density at radius 1 is 0.929 bits per heavy atom. The molecule has 3 rings (SSSR count). The van der Waals surface area contributed by atoms with E-state index in [2.05, 4.69) is 0 Å². The zero-order valence-electron chi connectivity index (χ0n) is 16.8. The van der Waals surface area contributed by atoms with Crippen molar-refractivity contribution < 1.29 is 18.0 Å². The molecule has 7 heteroatoms. The topological polar surface area (TPSA) is 74.8 Å². The highest BCUT2D eigenvalue weighted by molar-refractivity contribution is 7.94. The van der Waals surface area contributed by atoms with E-state index in [1.165, 1.54) is 17.4 Å². The third-order valence-electron chi connectivity index (χ3n) is 5.86. The summed E-state index contributed by atoms with van der Waals surface area (Å²) in [6, 6.07) is 6.33. The molecule has 1 saturated carbocycles. The van der Waals surface area contributed by atoms with Gasteiger partial charge in [0.15, 0.2) is 4.91 Å². The molecule has 0 saturated heterocycles. The quantitative estimate of drug-likeness (QED) is 0.728. The fourth-order valence-electron chi connectivity index (χ4n) is 4.19. The summed E-state index contributed by atoms with van der Waals surface area (Å²) in [5.74, 6) is -0.978. The lowest BCUT2D eigenvalue weighted by atomic mass is 9.92. The number of carbonyl (C=O) groups is 2. The van der Waals surface area contributed by atoms with E-state index >= 15 is 0 Å². The smallest absolute Gasteiger partial charge is 0.249 e. The van der Waals surface area contributed by atoms with Gasteiger partial charge in [0.1, 0.15) is 5.70 Å². The van der Waals surface area contributed by atoms with Gasteiger partial charge in [0.05, 0.1) is 0 Å². The van der Waals surface area contributed by atoms with Crippen LogP contribution in [0.25, 0.3) is 0 Å². The van der Waals surface area contributed by atoms with Crippen LogP contribution in [0.15, 0.2) is 34.9 Å². The lowest BCUT2D eigenvalue weighted by molar-refractivity contribution is 0.0948. The van der Waals surface area contributed by atoms with E-state index in [0.29, 0.717) is 13.1 Å². The molecule has 0 aliphatic heterocycles. The van der Waals surface area contributed by atoms with Crippen molar-refractivity contribution in [2.24, 2.45) is 0 Å². The third-order valence-corrected chi connectivity index (χ3v) is 7.81. The number of allylic oxidation sites excluding steroid dienone is 2. The van der Waals surface area contributed by atoms with Crippen molar-refractivity contribution in [3.8, 4) is 0 Å². The van der Waals surface area contributed by atoms with E-state index in [9.17, 15) is 18.0 Å². The second-order valence-corrected chi connectivity index (χ2v) is 9.30. The Kier molecular flexibility index (Phi) is 6.05. The minimum atomic E-state index is -4.10. The zero-order chi connectivity index (χ0) is 20.5. The van der Waals surface area contributed by atoms with Crippen molar-refractivity contribution in [1.29, 1.82) is 0 Å². The molecule has 0 heterocycles. The van der Waals surface area contributed by atoms with Crippen molar-refractivity contribution in [3.05, 3.63) is 46.0 Å². The molecule has 0 radical (unpaired) electrons. The summed E-state index contributed by atoms with van der Waals surface area (Å²) in [4.78, 5) is 27.9. The number of ketones is 2. The number of likely N-dealkylation sites (N-methyl/N-ethyl adjacent to an activating group) is 1. The Morgan fingerprint density at radius 2 is 1.46 bits per heavy atom. The summed E-state index contributed by atoms with van der Waals surface area (Å²) in [6.07, 6.45) is 4.61. The Morgan fingerprint density at radius 3 is 2.00 bits per heavy atom. The monoisotopic (exact) mass is 404 g/mol. The van der Waals surface area contributed by atoms with Gasteiger partial charge in [-0.2, -0.15) is 4.31 Å². The molecule has 6 nitrogen and oxygen atoms in total. The Hall–Kier alpha value is -1.99. The second kappa shape index (κ2) is 8.17. The van der Waals surface area contributed by atoms with Crippen LogP contribution in [0.2, 0.25) is 0 Å². The van der Waals surface area contributed by atoms with Gasteiger partial charge in [-0.25, -0.2) is 8.42 Å². The van der Waals surface area contributed by atoms with E-state index < -0.39 is 21.6 Å². The number of rotatable bonds is 6. The number of benzene rings is 1. The van der Waals surface area contributed by atoms with Gasteiger partial charge in [-0.05, 0) is 26.7 Å². The van der Waals surface area contributed by atoms with E-state index in [0.717, 1.165) is 32.1 Å². The van der Waals surface area contributed by atoms with Crippen molar-refractivity contribution in [1.82, 2.24) is 9.21 Å². The van der Waals surface area contributed by atoms with Crippen LogP contribution in [0.3, 0.4) is 0 Å². The highest BCUT2D eigenvalue weighted by Crippen LogP contribution is 2.34. The highest BCUT2D eigenvalue weighted by atomic mass is 32.2. The fraction of sp³-hybridized carbons (Fsp3) is 0.524. The maximum absolute atomic E-state index is 13.6. The van der Waals surface area contributed by atoms with Crippen molar-refractivity contribution in [2.75, 3.05) is 20.1 Å². The molecule has 0 amide bonds. The van der Waals surface area contributed by atoms with Crippen LogP contribution in [-0.4, -0.2) is 55.4 Å². The first-order chi connectivity index (χ1) is 13.3. The van der Waals surface area contributed by atoms with E-state index in [1.807, 2.05) is 13.8 Å². The summed E-state index contributed by atoms with van der Waals surface area (Å²) < 4.78 is 28.5. The maximum atomic E-state index is 13.6. The van der Waals surface area contributed by atoms with Crippen LogP contribution in [0.5, 0.6) is 0 Å². The molecule has 152 valence electrons. The molecule has 0 bridgehead atoms. The van der Waals surface area contributed by atoms with Gasteiger partial charge < -0.3 is 4.90 Å². The molecule has 1 fully saturated rings. The predicted molar refractivity (Wildman–Crippen MR) is 109 cm³/mol. The first-order valence-electron chi connectivity index (χ1n) is 10.00. The Labute approximate surface area is 167 Å². The van der Waals surface area contributed by atoms with Crippen LogP contribution in [0.1, 0.15) is 66.7 Å². The molecule has 0 atom stereocenters. The third kappa shape index (κ3) is 3.42. The van der Waals surface area contributed by atoms with Gasteiger partial charge in [0.25, 0.3) is 0 Å². The van der Waals surface area contributed by atoms with E-state index in [-0.39, 0.29) is 27.8 Å². The molecule has 0 unspecified atom stereocenters. The van der Waals surface area contributed by atoms with Gasteiger partial charge in [0, 0.05) is 37.3 Å². The van der Waals surface area contributed by atoms with Crippen molar-refractivity contribution in [3.63, 3.8) is 0 Å². The molecule has 0 N–H and O–H groups in total. The number of hydrogen-bond acceptors (Lipinski definition) is 5. The van der Waals surface area contributed by atoms with E-state index in [4.69, 9.17) is 0 Å². The molecule has 1 aromatic carbocycles. The lowest BCUT2D eigenvalue weighted by Crippen LogP contribution is -2.44. The van der Waals surface area contributed by atoms with Gasteiger partial charge in [0.2, 0.25) is 21.6 Å². The average Bonchev–Trinajstić information content (AvgIpc) is 2.72. The number of fused-ring (bicyclic) bond motifs is 1. The van der Waals surface area contributed by atoms with Crippen LogP contribution in [0.4, 0.5) is 0 Å². The summed E-state index contributed by atoms with van der Waals surface area (Å²) in [7, 11) is -2.56.